The summed E-state index contributed by atoms with van der Waals surface area (Å²) in [7, 11) is 0. The van der Waals surface area contributed by atoms with E-state index in [1.54, 1.807) is 18.3 Å². The smallest absolute Gasteiger partial charge is 0.418 e. The highest BCUT2D eigenvalue weighted by atomic mass is 19.4. The Hall–Kier alpha value is -4.65. The standard InChI is InChI=1S/C33H26F3NO3/c34-33(35,36)29-14-6-13-28-31(26(20-37-32(28)29)17-22-7-2-1-3-8-22)25-11-4-10-24(18-25)21-40-27-12-5-9-23(19-27)15-16-30(38)39/h1-14,18-20H,15-17,21H2,(H,38,39). The van der Waals surface area contributed by atoms with Crippen LogP contribution in [-0.4, -0.2) is 16.1 Å². The number of carbonyl (C=O) groups is 1. The first-order chi connectivity index (χ1) is 19.3. The van der Waals surface area contributed by atoms with Gasteiger partial charge in [0.2, 0.25) is 0 Å². The summed E-state index contributed by atoms with van der Waals surface area (Å²) >= 11 is 0. The van der Waals surface area contributed by atoms with E-state index in [4.69, 9.17) is 9.84 Å². The predicted octanol–water partition coefficient (Wildman–Crippen LogP) is 8.11. The Labute approximate surface area is 229 Å². The van der Waals surface area contributed by atoms with E-state index < -0.39 is 17.7 Å². The number of para-hydroxylation sites is 1. The maximum atomic E-state index is 13.9. The van der Waals surface area contributed by atoms with Crippen molar-refractivity contribution in [3.63, 3.8) is 0 Å². The van der Waals surface area contributed by atoms with Crippen molar-refractivity contribution in [2.24, 2.45) is 0 Å². The number of hydrogen-bond donors (Lipinski definition) is 1. The molecule has 0 radical (unpaired) electrons. The van der Waals surface area contributed by atoms with Crippen LogP contribution in [0.4, 0.5) is 13.2 Å². The number of fused-ring (bicyclic) bond motifs is 1. The van der Waals surface area contributed by atoms with Gasteiger partial charge in [-0.2, -0.15) is 13.2 Å². The van der Waals surface area contributed by atoms with Crippen LogP contribution >= 0.6 is 0 Å². The monoisotopic (exact) mass is 541 g/mol. The second-order valence-electron chi connectivity index (χ2n) is 9.55. The zero-order valence-corrected chi connectivity index (χ0v) is 21.5. The van der Waals surface area contributed by atoms with Crippen LogP contribution in [-0.2, 0) is 30.4 Å². The minimum atomic E-state index is -4.53. The molecule has 202 valence electrons. The highest BCUT2D eigenvalue weighted by Crippen LogP contribution is 2.39. The molecule has 0 fully saturated rings. The quantitative estimate of drug-likeness (QED) is 0.205. The van der Waals surface area contributed by atoms with Crippen LogP contribution in [0.15, 0.2) is 103 Å². The van der Waals surface area contributed by atoms with Crippen LogP contribution in [0.25, 0.3) is 22.0 Å². The second kappa shape index (κ2) is 11.6. The minimum Gasteiger partial charge on any atom is -0.489 e. The summed E-state index contributed by atoms with van der Waals surface area (Å²) in [4.78, 5) is 15.2. The van der Waals surface area contributed by atoms with Gasteiger partial charge in [0, 0.05) is 18.0 Å². The maximum Gasteiger partial charge on any atom is 0.418 e. The molecule has 40 heavy (non-hydrogen) atoms. The minimum absolute atomic E-state index is 0.0345. The Bertz CT molecular complexity index is 1650. The van der Waals surface area contributed by atoms with Gasteiger partial charge in [-0.3, -0.25) is 9.78 Å². The summed E-state index contributed by atoms with van der Waals surface area (Å²) in [5.74, 6) is -0.247. The van der Waals surface area contributed by atoms with Gasteiger partial charge in [0.1, 0.15) is 12.4 Å². The number of nitrogens with zero attached hydrogens (tertiary/aromatic N) is 1. The summed E-state index contributed by atoms with van der Waals surface area (Å²) < 4.78 is 47.6. The van der Waals surface area contributed by atoms with Gasteiger partial charge in [0.25, 0.3) is 0 Å². The third-order valence-corrected chi connectivity index (χ3v) is 6.67. The molecule has 0 bridgehead atoms. The third kappa shape index (κ3) is 6.31. The van der Waals surface area contributed by atoms with Gasteiger partial charge in [0.15, 0.2) is 0 Å². The average molecular weight is 542 g/mol. The van der Waals surface area contributed by atoms with E-state index in [9.17, 15) is 18.0 Å². The Morgan fingerprint density at radius 1 is 0.825 bits per heavy atom. The average Bonchev–Trinajstić information content (AvgIpc) is 2.95. The first-order valence-corrected chi connectivity index (χ1v) is 12.8. The molecule has 1 aromatic heterocycles. The van der Waals surface area contributed by atoms with E-state index in [0.717, 1.165) is 33.9 Å². The molecule has 5 aromatic rings. The van der Waals surface area contributed by atoms with Crippen molar-refractivity contribution >= 4 is 16.9 Å². The number of aryl methyl sites for hydroxylation is 1. The number of aromatic nitrogens is 1. The van der Waals surface area contributed by atoms with Crippen LogP contribution in [0, 0.1) is 0 Å². The Balaban J connectivity index is 1.51. The molecule has 5 rings (SSSR count). The number of hydrogen-bond acceptors (Lipinski definition) is 3. The normalized spacial score (nSPS) is 11.5. The van der Waals surface area contributed by atoms with Gasteiger partial charge in [-0.1, -0.05) is 72.8 Å². The zero-order chi connectivity index (χ0) is 28.1. The van der Waals surface area contributed by atoms with Gasteiger partial charge < -0.3 is 9.84 Å². The molecule has 0 aliphatic carbocycles. The number of carboxylic acid groups (broad SMARTS) is 1. The fourth-order valence-corrected chi connectivity index (χ4v) is 4.81. The van der Waals surface area contributed by atoms with Gasteiger partial charge in [-0.25, -0.2) is 0 Å². The number of carboxylic acids is 1. The summed E-state index contributed by atoms with van der Waals surface area (Å²) in [6, 6.07) is 28.8. The fraction of sp³-hybridized carbons (Fsp3) is 0.152. The Morgan fingerprint density at radius 2 is 1.55 bits per heavy atom. The van der Waals surface area contributed by atoms with Crippen LogP contribution < -0.4 is 4.74 Å². The van der Waals surface area contributed by atoms with E-state index >= 15 is 0 Å². The Kier molecular flexibility index (Phi) is 7.82. The molecule has 1 heterocycles. The van der Waals surface area contributed by atoms with Crippen LogP contribution in [0.1, 0.15) is 34.2 Å². The molecule has 7 heteroatoms. The van der Waals surface area contributed by atoms with Crippen molar-refractivity contribution in [2.75, 3.05) is 0 Å². The first-order valence-electron chi connectivity index (χ1n) is 12.8. The van der Waals surface area contributed by atoms with Gasteiger partial charge in [-0.05, 0) is 70.5 Å². The van der Waals surface area contributed by atoms with Crippen LogP contribution in [0.2, 0.25) is 0 Å². The number of alkyl halides is 3. The van der Waals surface area contributed by atoms with Gasteiger partial charge in [-0.15, -0.1) is 0 Å². The number of rotatable bonds is 9. The van der Waals surface area contributed by atoms with Gasteiger partial charge in [0.05, 0.1) is 11.1 Å². The number of benzene rings is 4. The molecular weight excluding hydrogens is 515 g/mol. The molecule has 0 saturated carbocycles. The Morgan fingerprint density at radius 3 is 2.33 bits per heavy atom. The van der Waals surface area contributed by atoms with E-state index in [2.05, 4.69) is 4.98 Å². The second-order valence-corrected chi connectivity index (χ2v) is 9.55. The topological polar surface area (TPSA) is 59.4 Å². The molecule has 0 aliphatic heterocycles. The predicted molar refractivity (Wildman–Crippen MR) is 148 cm³/mol. The van der Waals surface area contributed by atoms with Crippen molar-refractivity contribution in [3.8, 4) is 16.9 Å². The highest BCUT2D eigenvalue weighted by Gasteiger charge is 2.33. The molecule has 0 unspecified atom stereocenters. The largest absolute Gasteiger partial charge is 0.489 e. The van der Waals surface area contributed by atoms with Gasteiger partial charge >= 0.3 is 12.1 Å². The molecule has 0 aliphatic rings. The molecule has 4 nitrogen and oxygen atoms in total. The molecule has 0 saturated heterocycles. The van der Waals surface area contributed by atoms with Crippen molar-refractivity contribution in [2.45, 2.75) is 32.0 Å². The SMILES string of the molecule is O=C(O)CCc1cccc(OCc2cccc(-c3c(Cc4ccccc4)cnc4c(C(F)(F)F)cccc34)c2)c1. The van der Waals surface area contributed by atoms with Crippen molar-refractivity contribution in [1.82, 2.24) is 4.98 Å². The lowest BCUT2D eigenvalue weighted by Crippen LogP contribution is -2.07. The highest BCUT2D eigenvalue weighted by molar-refractivity contribution is 5.98. The third-order valence-electron chi connectivity index (χ3n) is 6.67. The molecular formula is C33H26F3NO3. The number of pyridine rings is 1. The van der Waals surface area contributed by atoms with Crippen LogP contribution in [0.5, 0.6) is 5.75 Å². The molecule has 4 aromatic carbocycles. The summed E-state index contributed by atoms with van der Waals surface area (Å²) in [5, 5.41) is 9.39. The lowest BCUT2D eigenvalue weighted by Gasteiger charge is -2.17. The van der Waals surface area contributed by atoms with E-state index in [0.29, 0.717) is 29.5 Å². The number of ether oxygens (including phenoxy) is 1. The fourth-order valence-electron chi connectivity index (χ4n) is 4.81. The maximum absolute atomic E-state index is 13.9. The van der Waals surface area contributed by atoms with E-state index in [1.807, 2.05) is 72.8 Å². The van der Waals surface area contributed by atoms with Crippen LogP contribution in [0.3, 0.4) is 0 Å². The summed E-state index contributed by atoms with van der Waals surface area (Å²) in [5.41, 5.74) is 4.19. The van der Waals surface area contributed by atoms with Crippen molar-refractivity contribution in [1.29, 1.82) is 0 Å². The lowest BCUT2D eigenvalue weighted by atomic mass is 9.91. The van der Waals surface area contributed by atoms with E-state index in [-0.39, 0.29) is 18.5 Å². The summed E-state index contributed by atoms with van der Waals surface area (Å²) in [6.07, 6.45) is -2.03. The molecule has 0 amide bonds. The summed E-state index contributed by atoms with van der Waals surface area (Å²) in [6.45, 7) is 0.237. The number of halogens is 3. The molecule has 1 N–H and O–H groups in total. The molecule has 0 atom stereocenters. The molecule has 0 spiro atoms. The van der Waals surface area contributed by atoms with E-state index in [1.165, 1.54) is 6.07 Å². The van der Waals surface area contributed by atoms with Crippen molar-refractivity contribution in [3.05, 3.63) is 131 Å². The first kappa shape index (κ1) is 26.9. The van der Waals surface area contributed by atoms with Crippen molar-refractivity contribution < 1.29 is 27.8 Å². The lowest BCUT2D eigenvalue weighted by molar-refractivity contribution is -0.137. The zero-order valence-electron chi connectivity index (χ0n) is 21.5. The number of aliphatic carboxylic acids is 1.